The average Bonchev–Trinajstić information content (AvgIpc) is 3.22. The first-order chi connectivity index (χ1) is 14.5. The van der Waals surface area contributed by atoms with Gasteiger partial charge in [-0.15, -0.1) is 0 Å². The molecule has 30 heavy (non-hydrogen) atoms. The number of aromatic nitrogens is 2. The van der Waals surface area contributed by atoms with Gasteiger partial charge in [-0.3, -0.25) is 9.69 Å². The van der Waals surface area contributed by atoms with E-state index >= 15 is 0 Å². The fourth-order valence-corrected chi connectivity index (χ4v) is 3.85. The smallest absolute Gasteiger partial charge is 0.238 e. The zero-order chi connectivity index (χ0) is 21.1. The Hall–Kier alpha value is -2.70. The number of anilines is 1. The number of carbonyl (C=O) groups is 1. The van der Waals surface area contributed by atoms with Gasteiger partial charge in [0, 0.05) is 22.2 Å². The Balaban J connectivity index is 1.30. The molecule has 6 nitrogen and oxygen atoms in total. The number of rotatable bonds is 5. The topological polar surface area (TPSA) is 71.3 Å². The lowest BCUT2D eigenvalue weighted by Crippen LogP contribution is -2.38. The van der Waals surface area contributed by atoms with Crippen LogP contribution in [0.4, 0.5) is 5.69 Å². The van der Waals surface area contributed by atoms with Crippen LogP contribution in [-0.2, 0) is 4.79 Å². The van der Waals surface area contributed by atoms with Crippen LogP contribution >= 0.6 is 11.6 Å². The van der Waals surface area contributed by atoms with Crippen LogP contribution in [-0.4, -0.2) is 40.6 Å². The van der Waals surface area contributed by atoms with Crippen molar-refractivity contribution in [1.82, 2.24) is 15.0 Å². The third kappa shape index (κ3) is 4.89. The monoisotopic (exact) mass is 424 g/mol. The highest BCUT2D eigenvalue weighted by Gasteiger charge is 2.26. The average molecular weight is 425 g/mol. The fourth-order valence-electron chi connectivity index (χ4n) is 3.68. The predicted molar refractivity (Wildman–Crippen MR) is 118 cm³/mol. The number of aryl methyl sites for hydroxylation is 2. The minimum Gasteiger partial charge on any atom is -0.339 e. The minimum absolute atomic E-state index is 0.0294. The van der Waals surface area contributed by atoms with Gasteiger partial charge in [0.05, 0.1) is 6.54 Å². The van der Waals surface area contributed by atoms with Crippen LogP contribution in [0.1, 0.15) is 35.8 Å². The largest absolute Gasteiger partial charge is 0.339 e. The first kappa shape index (κ1) is 20.6. The maximum absolute atomic E-state index is 12.4. The number of halogens is 1. The van der Waals surface area contributed by atoms with Crippen LogP contribution in [0.3, 0.4) is 0 Å². The second kappa shape index (κ2) is 8.98. The number of likely N-dealkylation sites (tertiary alicyclic amines) is 1. The molecule has 3 aromatic rings. The zero-order valence-electron chi connectivity index (χ0n) is 17.2. The van der Waals surface area contributed by atoms with Gasteiger partial charge in [-0.2, -0.15) is 4.98 Å². The van der Waals surface area contributed by atoms with Crippen molar-refractivity contribution in [2.24, 2.45) is 0 Å². The molecule has 0 saturated carbocycles. The molecule has 1 aliphatic heterocycles. The Labute approximate surface area is 181 Å². The molecule has 0 atom stereocenters. The van der Waals surface area contributed by atoms with Crippen molar-refractivity contribution in [1.29, 1.82) is 0 Å². The molecular formula is C23H25ClN4O2. The van der Waals surface area contributed by atoms with Crippen molar-refractivity contribution in [3.63, 3.8) is 0 Å². The lowest BCUT2D eigenvalue weighted by molar-refractivity contribution is -0.117. The standard InChI is InChI=1S/C23H25ClN4O2/c1-15-3-6-17(7-4-15)22-26-23(30-27-22)18-9-11-28(12-10-18)14-21(29)25-20-13-19(24)8-5-16(20)2/h3-8,13,18H,9-12,14H2,1-2H3,(H,25,29). The van der Waals surface area contributed by atoms with E-state index in [1.807, 2.05) is 43.3 Å². The fraction of sp³-hybridized carbons (Fsp3) is 0.348. The number of hydrogen-bond donors (Lipinski definition) is 1. The highest BCUT2D eigenvalue weighted by Crippen LogP contribution is 2.28. The van der Waals surface area contributed by atoms with Crippen LogP contribution in [0.5, 0.6) is 0 Å². The van der Waals surface area contributed by atoms with E-state index in [0.29, 0.717) is 23.3 Å². The van der Waals surface area contributed by atoms with Gasteiger partial charge < -0.3 is 9.84 Å². The molecule has 1 aliphatic rings. The molecule has 0 bridgehead atoms. The molecule has 1 amide bonds. The lowest BCUT2D eigenvalue weighted by atomic mass is 9.97. The van der Waals surface area contributed by atoms with E-state index in [1.54, 1.807) is 6.07 Å². The summed E-state index contributed by atoms with van der Waals surface area (Å²) in [6.07, 6.45) is 1.78. The summed E-state index contributed by atoms with van der Waals surface area (Å²) >= 11 is 6.03. The Morgan fingerprint density at radius 1 is 1.17 bits per heavy atom. The second-order valence-corrected chi connectivity index (χ2v) is 8.32. The van der Waals surface area contributed by atoms with E-state index in [1.165, 1.54) is 5.56 Å². The molecule has 4 rings (SSSR count). The maximum Gasteiger partial charge on any atom is 0.238 e. The molecule has 1 N–H and O–H groups in total. The normalized spacial score (nSPS) is 15.3. The van der Waals surface area contributed by atoms with E-state index in [0.717, 1.165) is 42.7 Å². The highest BCUT2D eigenvalue weighted by molar-refractivity contribution is 6.31. The molecular weight excluding hydrogens is 400 g/mol. The highest BCUT2D eigenvalue weighted by atomic mass is 35.5. The molecule has 1 aromatic heterocycles. The van der Waals surface area contributed by atoms with Crippen LogP contribution in [0, 0.1) is 13.8 Å². The Morgan fingerprint density at radius 3 is 2.63 bits per heavy atom. The van der Waals surface area contributed by atoms with Crippen LogP contribution < -0.4 is 5.32 Å². The summed E-state index contributed by atoms with van der Waals surface area (Å²) in [6, 6.07) is 13.6. The SMILES string of the molecule is Cc1ccc(-c2noc(C3CCN(CC(=O)Nc4cc(Cl)ccc4C)CC3)n2)cc1. The number of amides is 1. The van der Waals surface area contributed by atoms with Gasteiger partial charge in [-0.1, -0.05) is 52.7 Å². The second-order valence-electron chi connectivity index (χ2n) is 7.88. The van der Waals surface area contributed by atoms with E-state index < -0.39 is 0 Å². The molecule has 1 fully saturated rings. The summed E-state index contributed by atoms with van der Waals surface area (Å²) in [7, 11) is 0. The molecule has 1 saturated heterocycles. The summed E-state index contributed by atoms with van der Waals surface area (Å²) in [6.45, 7) is 5.99. The van der Waals surface area contributed by atoms with Crippen LogP contribution in [0.2, 0.25) is 5.02 Å². The van der Waals surface area contributed by atoms with E-state index in [2.05, 4.69) is 27.3 Å². The predicted octanol–water partition coefficient (Wildman–Crippen LogP) is 4.82. The van der Waals surface area contributed by atoms with Crippen molar-refractivity contribution in [2.75, 3.05) is 25.0 Å². The van der Waals surface area contributed by atoms with E-state index in [4.69, 9.17) is 16.1 Å². The molecule has 0 unspecified atom stereocenters. The maximum atomic E-state index is 12.4. The summed E-state index contributed by atoms with van der Waals surface area (Å²) in [4.78, 5) is 19.2. The first-order valence-electron chi connectivity index (χ1n) is 10.2. The number of benzene rings is 2. The molecule has 2 aromatic carbocycles. The minimum atomic E-state index is -0.0294. The molecule has 0 spiro atoms. The van der Waals surface area contributed by atoms with E-state index in [-0.39, 0.29) is 11.8 Å². The number of nitrogens with one attached hydrogen (secondary N) is 1. The summed E-state index contributed by atoms with van der Waals surface area (Å²) in [5, 5.41) is 7.72. The van der Waals surface area contributed by atoms with Crippen LogP contribution in [0.25, 0.3) is 11.4 Å². The van der Waals surface area contributed by atoms with Gasteiger partial charge in [0.1, 0.15) is 0 Å². The van der Waals surface area contributed by atoms with Crippen molar-refractivity contribution >= 4 is 23.2 Å². The number of nitrogens with zero attached hydrogens (tertiary/aromatic N) is 3. The van der Waals surface area contributed by atoms with Gasteiger partial charge in [-0.05, 0) is 57.5 Å². The molecule has 0 radical (unpaired) electrons. The quantitative estimate of drug-likeness (QED) is 0.635. The van der Waals surface area contributed by atoms with Crippen molar-refractivity contribution in [3.05, 3.63) is 64.5 Å². The zero-order valence-corrected chi connectivity index (χ0v) is 17.9. The Bertz CT molecular complexity index is 1020. The van der Waals surface area contributed by atoms with Crippen LogP contribution in [0.15, 0.2) is 47.0 Å². The summed E-state index contributed by atoms with van der Waals surface area (Å²) < 4.78 is 5.54. The Kier molecular flexibility index (Phi) is 6.16. The van der Waals surface area contributed by atoms with Gasteiger partial charge >= 0.3 is 0 Å². The summed E-state index contributed by atoms with van der Waals surface area (Å²) in [5.74, 6) is 1.51. The van der Waals surface area contributed by atoms with Crippen molar-refractivity contribution in [2.45, 2.75) is 32.6 Å². The van der Waals surface area contributed by atoms with Gasteiger partial charge in [0.25, 0.3) is 0 Å². The molecule has 7 heteroatoms. The van der Waals surface area contributed by atoms with Gasteiger partial charge in [-0.25, -0.2) is 0 Å². The Morgan fingerprint density at radius 2 is 1.90 bits per heavy atom. The molecule has 0 aliphatic carbocycles. The van der Waals surface area contributed by atoms with Crippen molar-refractivity contribution < 1.29 is 9.32 Å². The van der Waals surface area contributed by atoms with E-state index in [9.17, 15) is 4.79 Å². The first-order valence-corrected chi connectivity index (χ1v) is 10.5. The number of hydrogen-bond acceptors (Lipinski definition) is 5. The summed E-state index contributed by atoms with van der Waals surface area (Å²) in [5.41, 5.74) is 3.91. The third-order valence-electron chi connectivity index (χ3n) is 5.53. The van der Waals surface area contributed by atoms with Gasteiger partial charge in [0.2, 0.25) is 17.6 Å². The number of piperidine rings is 1. The number of carbonyl (C=O) groups excluding carboxylic acids is 1. The molecule has 2 heterocycles. The lowest BCUT2D eigenvalue weighted by Gasteiger charge is -2.29. The van der Waals surface area contributed by atoms with Gasteiger partial charge in [0.15, 0.2) is 0 Å². The third-order valence-corrected chi connectivity index (χ3v) is 5.76. The molecule has 156 valence electrons. The van der Waals surface area contributed by atoms with Crippen molar-refractivity contribution in [3.8, 4) is 11.4 Å².